The van der Waals surface area contributed by atoms with Crippen LogP contribution in [0, 0.1) is 0 Å². The summed E-state index contributed by atoms with van der Waals surface area (Å²) in [7, 11) is 2.22. The molecule has 104 valence electrons. The summed E-state index contributed by atoms with van der Waals surface area (Å²) in [5.41, 5.74) is 10.7. The van der Waals surface area contributed by atoms with E-state index in [1.165, 1.54) is 28.5 Å². The Morgan fingerprint density at radius 1 is 1.45 bits per heavy atom. The van der Waals surface area contributed by atoms with Crippen LogP contribution in [0.25, 0.3) is 16.5 Å². The van der Waals surface area contributed by atoms with E-state index in [0.29, 0.717) is 6.04 Å². The fraction of sp³-hybridized carbons (Fsp3) is 0.375. The third-order valence-corrected chi connectivity index (χ3v) is 4.56. The van der Waals surface area contributed by atoms with Crippen LogP contribution >= 0.6 is 0 Å². The molecule has 0 amide bonds. The van der Waals surface area contributed by atoms with Crippen LogP contribution in [0.1, 0.15) is 31.7 Å². The van der Waals surface area contributed by atoms with Crippen LogP contribution < -0.4 is 5.73 Å². The highest BCUT2D eigenvalue weighted by atomic mass is 15.1. The Kier molecular flexibility index (Phi) is 3.57. The fourth-order valence-corrected chi connectivity index (χ4v) is 3.13. The highest BCUT2D eigenvalue weighted by molar-refractivity contribution is 6.04. The third-order valence-electron chi connectivity index (χ3n) is 4.56. The van der Waals surface area contributed by atoms with Crippen molar-refractivity contribution < 1.29 is 0 Å². The second-order valence-corrected chi connectivity index (χ2v) is 5.74. The minimum atomic E-state index is 0.694. The lowest BCUT2D eigenvalue weighted by Gasteiger charge is -2.30. The Morgan fingerprint density at radius 3 is 3.00 bits per heavy atom. The van der Waals surface area contributed by atoms with Crippen molar-refractivity contribution in [3.05, 3.63) is 36.0 Å². The second kappa shape index (κ2) is 5.37. The van der Waals surface area contributed by atoms with Gasteiger partial charge in [0.15, 0.2) is 7.98 Å². The number of rotatable bonds is 3. The van der Waals surface area contributed by atoms with Crippen LogP contribution in [0.5, 0.6) is 0 Å². The van der Waals surface area contributed by atoms with Crippen molar-refractivity contribution >= 4 is 30.1 Å². The highest BCUT2D eigenvalue weighted by Gasteiger charge is 2.19. The molecule has 3 nitrogen and oxygen atoms in total. The van der Waals surface area contributed by atoms with Gasteiger partial charge >= 0.3 is 0 Å². The van der Waals surface area contributed by atoms with Crippen molar-refractivity contribution in [1.82, 2.24) is 9.79 Å². The van der Waals surface area contributed by atoms with Crippen molar-refractivity contribution in [1.29, 1.82) is 0 Å². The third kappa shape index (κ3) is 2.36. The van der Waals surface area contributed by atoms with Crippen LogP contribution in [0.15, 0.2) is 30.5 Å². The Morgan fingerprint density at radius 2 is 2.30 bits per heavy atom. The number of hydrogen-bond donors (Lipinski definition) is 2. The van der Waals surface area contributed by atoms with Gasteiger partial charge in [-0.15, -0.1) is 0 Å². The van der Waals surface area contributed by atoms with Gasteiger partial charge in [-0.1, -0.05) is 13.0 Å². The zero-order valence-corrected chi connectivity index (χ0v) is 12.3. The van der Waals surface area contributed by atoms with Gasteiger partial charge in [0.2, 0.25) is 0 Å². The van der Waals surface area contributed by atoms with Crippen molar-refractivity contribution in [2.24, 2.45) is 0 Å². The van der Waals surface area contributed by atoms with Gasteiger partial charge in [0, 0.05) is 34.4 Å². The number of allylic oxidation sites excluding steroid dienone is 1. The van der Waals surface area contributed by atoms with E-state index in [1.807, 2.05) is 6.07 Å². The first kappa shape index (κ1) is 13.3. The van der Waals surface area contributed by atoms with Gasteiger partial charge < -0.3 is 15.5 Å². The largest absolute Gasteiger partial charge is 0.399 e. The molecule has 2 aromatic rings. The molecule has 0 bridgehead atoms. The maximum atomic E-state index is 5.92. The first-order chi connectivity index (χ1) is 9.69. The number of anilines is 1. The minimum absolute atomic E-state index is 0.694. The standard InChI is InChI=1S/C16H22BN3/c1-2-20(17)13-6-3-11(4-7-13)15-10-19-16-8-5-12(18)9-14(15)16/h3,5,8-10,13,19H,2,4,6-7,17-18H2,1H3. The molecule has 1 atom stereocenters. The number of H-pyrrole nitrogens is 1. The molecular formula is C16H22BN3. The summed E-state index contributed by atoms with van der Waals surface area (Å²) in [6, 6.07) is 6.78. The van der Waals surface area contributed by atoms with E-state index in [9.17, 15) is 0 Å². The average molecular weight is 267 g/mol. The molecule has 1 heterocycles. The van der Waals surface area contributed by atoms with Crippen LogP contribution in [0.3, 0.4) is 0 Å². The molecule has 0 fully saturated rings. The lowest BCUT2D eigenvalue weighted by molar-refractivity contribution is 0.331. The molecule has 3 rings (SSSR count). The van der Waals surface area contributed by atoms with Crippen LogP contribution in [-0.2, 0) is 0 Å². The van der Waals surface area contributed by atoms with Gasteiger partial charge in [0.25, 0.3) is 0 Å². The summed E-state index contributed by atoms with van der Waals surface area (Å²) in [5, 5.41) is 1.25. The van der Waals surface area contributed by atoms with Crippen LogP contribution in [0.4, 0.5) is 5.69 Å². The highest BCUT2D eigenvalue weighted by Crippen LogP contribution is 2.33. The number of hydrogen-bond acceptors (Lipinski definition) is 2. The van der Waals surface area contributed by atoms with Gasteiger partial charge in [-0.3, -0.25) is 0 Å². The molecule has 20 heavy (non-hydrogen) atoms. The first-order valence-corrected chi connectivity index (χ1v) is 7.45. The van der Waals surface area contributed by atoms with Gasteiger partial charge in [0.05, 0.1) is 0 Å². The maximum Gasteiger partial charge on any atom is 0.185 e. The SMILES string of the molecule is BN(CC)C1CC=C(c2c[nH]c3ccc(N)cc23)CC1. The lowest BCUT2D eigenvalue weighted by atomic mass is 9.88. The number of nitrogens with two attached hydrogens (primary N) is 1. The van der Waals surface area contributed by atoms with E-state index in [-0.39, 0.29) is 0 Å². The number of fused-ring (bicyclic) bond motifs is 1. The molecule has 0 saturated carbocycles. The molecule has 3 N–H and O–H groups in total. The van der Waals surface area contributed by atoms with Gasteiger partial charge in [-0.2, -0.15) is 0 Å². The molecule has 1 aliphatic rings. The molecule has 0 aliphatic heterocycles. The van der Waals surface area contributed by atoms with Gasteiger partial charge in [0.1, 0.15) is 0 Å². The Labute approximate surface area is 121 Å². The summed E-state index contributed by atoms with van der Waals surface area (Å²) >= 11 is 0. The van der Waals surface area contributed by atoms with E-state index in [1.54, 1.807) is 0 Å². The Bertz CT molecular complexity index is 644. The smallest absolute Gasteiger partial charge is 0.185 e. The number of benzene rings is 1. The zero-order chi connectivity index (χ0) is 14.1. The monoisotopic (exact) mass is 267 g/mol. The quantitative estimate of drug-likeness (QED) is 0.663. The summed E-state index contributed by atoms with van der Waals surface area (Å²) in [4.78, 5) is 5.80. The number of aromatic nitrogens is 1. The van der Waals surface area contributed by atoms with Gasteiger partial charge in [-0.25, -0.2) is 0 Å². The summed E-state index contributed by atoms with van der Waals surface area (Å²) in [6.07, 6.45) is 8.07. The summed E-state index contributed by atoms with van der Waals surface area (Å²) < 4.78 is 0. The molecule has 0 spiro atoms. The van der Waals surface area contributed by atoms with Crippen molar-refractivity contribution in [3.8, 4) is 0 Å². The molecular weight excluding hydrogens is 245 g/mol. The summed E-state index contributed by atoms with van der Waals surface area (Å²) in [6.45, 7) is 3.35. The van der Waals surface area contributed by atoms with Gasteiger partial charge in [-0.05, 0) is 49.6 Å². The molecule has 1 aromatic heterocycles. The molecule has 4 heteroatoms. The second-order valence-electron chi connectivity index (χ2n) is 5.74. The predicted octanol–water partition coefficient (Wildman–Crippen LogP) is 2.56. The molecule has 1 aromatic carbocycles. The number of aromatic amines is 1. The first-order valence-electron chi connectivity index (χ1n) is 7.45. The van der Waals surface area contributed by atoms with Crippen LogP contribution in [0.2, 0.25) is 0 Å². The van der Waals surface area contributed by atoms with Crippen LogP contribution in [-0.4, -0.2) is 30.4 Å². The number of nitrogen functional groups attached to an aromatic ring is 1. The molecule has 0 saturated heterocycles. The number of nitrogens with zero attached hydrogens (tertiary/aromatic N) is 1. The molecule has 1 aliphatic carbocycles. The van der Waals surface area contributed by atoms with E-state index >= 15 is 0 Å². The lowest BCUT2D eigenvalue weighted by Crippen LogP contribution is -2.33. The van der Waals surface area contributed by atoms with E-state index in [2.05, 4.69) is 49.1 Å². The zero-order valence-electron chi connectivity index (χ0n) is 12.3. The summed E-state index contributed by atoms with van der Waals surface area (Å²) in [5.74, 6) is 0. The maximum absolute atomic E-state index is 5.92. The molecule has 1 unspecified atom stereocenters. The van der Waals surface area contributed by atoms with Crippen molar-refractivity contribution in [2.75, 3.05) is 12.3 Å². The Hall–Kier alpha value is -1.68. The molecule has 0 radical (unpaired) electrons. The van der Waals surface area contributed by atoms with Crippen molar-refractivity contribution in [3.63, 3.8) is 0 Å². The topological polar surface area (TPSA) is 45.0 Å². The van der Waals surface area contributed by atoms with E-state index in [0.717, 1.165) is 25.1 Å². The van der Waals surface area contributed by atoms with E-state index in [4.69, 9.17) is 5.73 Å². The predicted molar refractivity (Wildman–Crippen MR) is 89.3 cm³/mol. The average Bonchev–Trinajstić information content (AvgIpc) is 2.89. The van der Waals surface area contributed by atoms with Crippen molar-refractivity contribution in [2.45, 2.75) is 32.2 Å². The van der Waals surface area contributed by atoms with E-state index < -0.39 is 0 Å². The Balaban J connectivity index is 1.89. The number of nitrogens with one attached hydrogen (secondary N) is 1. The fourth-order valence-electron chi connectivity index (χ4n) is 3.13. The normalized spacial score (nSPS) is 19.5. The minimum Gasteiger partial charge on any atom is -0.399 e.